The lowest BCUT2D eigenvalue weighted by Gasteiger charge is -2.10. The predicted octanol–water partition coefficient (Wildman–Crippen LogP) is 1.50. The molecule has 0 aliphatic rings. The van der Waals surface area contributed by atoms with Gasteiger partial charge >= 0.3 is 0 Å². The van der Waals surface area contributed by atoms with Crippen LogP contribution >= 0.6 is 11.6 Å². The largest absolute Gasteiger partial charge is 0.468 e. The van der Waals surface area contributed by atoms with E-state index in [2.05, 4.69) is 4.72 Å². The number of rotatable bonds is 5. The first-order valence-corrected chi connectivity index (χ1v) is 6.33. The molecule has 1 N–H and O–H groups in total. The highest BCUT2D eigenvalue weighted by Crippen LogP contribution is 2.13. The van der Waals surface area contributed by atoms with Crippen LogP contribution in [0.25, 0.3) is 0 Å². The van der Waals surface area contributed by atoms with Crippen LogP contribution in [0.2, 0.25) is 0 Å². The summed E-state index contributed by atoms with van der Waals surface area (Å²) in [4.78, 5) is 0. The zero-order valence-corrected chi connectivity index (χ0v) is 9.31. The lowest BCUT2D eigenvalue weighted by atomic mass is 10.3. The maximum Gasteiger partial charge on any atom is 0.213 e. The molecule has 0 spiro atoms. The zero-order valence-electron chi connectivity index (χ0n) is 7.73. The van der Waals surface area contributed by atoms with E-state index in [9.17, 15) is 8.42 Å². The molecule has 1 heterocycles. The van der Waals surface area contributed by atoms with Crippen molar-refractivity contribution in [2.45, 2.75) is 13.0 Å². The molecule has 0 bridgehead atoms. The first-order valence-electron chi connectivity index (χ1n) is 4.14. The SMILES string of the molecule is C[C@@H](NS(=O)(=O)CCCl)c1ccco1. The molecule has 14 heavy (non-hydrogen) atoms. The minimum Gasteiger partial charge on any atom is -0.468 e. The zero-order chi connectivity index (χ0) is 10.6. The van der Waals surface area contributed by atoms with Gasteiger partial charge in [-0.3, -0.25) is 0 Å². The molecule has 1 rings (SSSR count). The van der Waals surface area contributed by atoms with Crippen molar-refractivity contribution in [3.05, 3.63) is 24.2 Å². The Labute approximate surface area is 88.3 Å². The van der Waals surface area contributed by atoms with Crippen LogP contribution in [0, 0.1) is 0 Å². The van der Waals surface area contributed by atoms with Crippen LogP contribution in [0.1, 0.15) is 18.7 Å². The van der Waals surface area contributed by atoms with Crippen molar-refractivity contribution in [1.29, 1.82) is 0 Å². The van der Waals surface area contributed by atoms with E-state index in [0.29, 0.717) is 5.76 Å². The van der Waals surface area contributed by atoms with Gasteiger partial charge < -0.3 is 4.42 Å². The molecular weight excluding hydrogens is 226 g/mol. The minimum absolute atomic E-state index is 0.0835. The second kappa shape index (κ2) is 4.82. The fraction of sp³-hybridized carbons (Fsp3) is 0.500. The molecule has 0 amide bonds. The number of hydrogen-bond donors (Lipinski definition) is 1. The lowest BCUT2D eigenvalue weighted by Crippen LogP contribution is -2.29. The number of halogens is 1. The first kappa shape index (κ1) is 11.6. The monoisotopic (exact) mass is 237 g/mol. The standard InChI is InChI=1S/C8H12ClNO3S/c1-7(8-3-2-5-13-8)10-14(11,12)6-4-9/h2-3,5,7,10H,4,6H2,1H3/t7-/m1/s1. The van der Waals surface area contributed by atoms with Crippen molar-refractivity contribution in [3.63, 3.8) is 0 Å². The van der Waals surface area contributed by atoms with E-state index >= 15 is 0 Å². The topological polar surface area (TPSA) is 59.3 Å². The first-order chi connectivity index (χ1) is 6.55. The van der Waals surface area contributed by atoms with Crippen molar-refractivity contribution in [1.82, 2.24) is 4.72 Å². The van der Waals surface area contributed by atoms with Gasteiger partial charge in [-0.05, 0) is 19.1 Å². The summed E-state index contributed by atoms with van der Waals surface area (Å²) in [5.74, 6) is 0.586. The highest BCUT2D eigenvalue weighted by atomic mass is 35.5. The molecule has 0 radical (unpaired) electrons. The second-order valence-electron chi connectivity index (χ2n) is 2.86. The van der Waals surface area contributed by atoms with E-state index in [1.807, 2.05) is 0 Å². The van der Waals surface area contributed by atoms with Crippen molar-refractivity contribution in [2.75, 3.05) is 11.6 Å². The molecule has 4 nitrogen and oxygen atoms in total. The number of nitrogens with one attached hydrogen (secondary N) is 1. The van der Waals surface area contributed by atoms with Crippen LogP contribution in [-0.4, -0.2) is 20.1 Å². The van der Waals surface area contributed by atoms with Gasteiger partial charge in [-0.25, -0.2) is 13.1 Å². The van der Waals surface area contributed by atoms with Crippen molar-refractivity contribution in [3.8, 4) is 0 Å². The van der Waals surface area contributed by atoms with Crippen LogP contribution < -0.4 is 4.72 Å². The maximum absolute atomic E-state index is 11.3. The third-order valence-electron chi connectivity index (χ3n) is 1.67. The Hall–Kier alpha value is -0.520. The highest BCUT2D eigenvalue weighted by Gasteiger charge is 2.16. The Morgan fingerprint density at radius 1 is 1.64 bits per heavy atom. The molecule has 0 aliphatic heterocycles. The van der Waals surface area contributed by atoms with E-state index in [1.165, 1.54) is 6.26 Å². The second-order valence-corrected chi connectivity index (χ2v) is 5.11. The van der Waals surface area contributed by atoms with Gasteiger partial charge in [0.2, 0.25) is 10.0 Å². The van der Waals surface area contributed by atoms with Crippen molar-refractivity contribution >= 4 is 21.6 Å². The Bertz CT molecular complexity index is 360. The van der Waals surface area contributed by atoms with E-state index < -0.39 is 10.0 Å². The third-order valence-corrected chi connectivity index (χ3v) is 3.54. The molecular formula is C8H12ClNO3S. The van der Waals surface area contributed by atoms with E-state index in [1.54, 1.807) is 19.1 Å². The van der Waals surface area contributed by atoms with Gasteiger partial charge in [0.15, 0.2) is 0 Å². The molecule has 0 aliphatic carbocycles. The molecule has 0 unspecified atom stereocenters. The third kappa shape index (κ3) is 3.32. The Morgan fingerprint density at radius 2 is 2.36 bits per heavy atom. The van der Waals surface area contributed by atoms with Gasteiger partial charge in [-0.2, -0.15) is 0 Å². The van der Waals surface area contributed by atoms with Gasteiger partial charge in [0.1, 0.15) is 5.76 Å². The molecule has 0 saturated heterocycles. The Kier molecular flexibility index (Phi) is 3.97. The quantitative estimate of drug-likeness (QED) is 0.790. The lowest BCUT2D eigenvalue weighted by molar-refractivity contribution is 0.459. The van der Waals surface area contributed by atoms with Crippen LogP contribution in [0.3, 0.4) is 0 Å². The summed E-state index contributed by atoms with van der Waals surface area (Å²) in [6, 6.07) is 3.06. The summed E-state index contributed by atoms with van der Waals surface area (Å²) >= 11 is 5.35. The maximum atomic E-state index is 11.3. The highest BCUT2D eigenvalue weighted by molar-refractivity contribution is 7.89. The van der Waals surface area contributed by atoms with Gasteiger partial charge in [0.05, 0.1) is 18.1 Å². The summed E-state index contributed by atoms with van der Waals surface area (Å²) in [6.45, 7) is 1.71. The van der Waals surface area contributed by atoms with Gasteiger partial charge in [0, 0.05) is 5.88 Å². The summed E-state index contributed by atoms with van der Waals surface area (Å²) in [5.41, 5.74) is 0. The average molecular weight is 238 g/mol. The summed E-state index contributed by atoms with van der Waals surface area (Å²) in [5, 5.41) is 0. The number of furan rings is 1. The number of hydrogen-bond acceptors (Lipinski definition) is 3. The van der Waals surface area contributed by atoms with Gasteiger partial charge in [-0.15, -0.1) is 11.6 Å². The number of alkyl halides is 1. The van der Waals surface area contributed by atoms with Gasteiger partial charge in [0.25, 0.3) is 0 Å². The Balaban J connectivity index is 2.61. The molecule has 80 valence electrons. The van der Waals surface area contributed by atoms with Crippen LogP contribution in [0.15, 0.2) is 22.8 Å². The molecule has 0 fully saturated rings. The Morgan fingerprint density at radius 3 is 2.86 bits per heavy atom. The van der Waals surface area contributed by atoms with Crippen molar-refractivity contribution in [2.24, 2.45) is 0 Å². The summed E-state index contributed by atoms with van der Waals surface area (Å²) < 4.78 is 30.1. The molecule has 0 aromatic carbocycles. The van der Waals surface area contributed by atoms with E-state index in [-0.39, 0.29) is 17.7 Å². The normalized spacial score (nSPS) is 14.1. The molecule has 1 aromatic heterocycles. The smallest absolute Gasteiger partial charge is 0.213 e. The minimum atomic E-state index is -3.30. The molecule has 1 aromatic rings. The van der Waals surface area contributed by atoms with Crippen LogP contribution in [0.5, 0.6) is 0 Å². The van der Waals surface area contributed by atoms with E-state index in [4.69, 9.17) is 16.0 Å². The average Bonchev–Trinajstić information content (AvgIpc) is 2.53. The van der Waals surface area contributed by atoms with Crippen LogP contribution in [0.4, 0.5) is 0 Å². The van der Waals surface area contributed by atoms with Crippen molar-refractivity contribution < 1.29 is 12.8 Å². The fourth-order valence-corrected chi connectivity index (χ4v) is 2.61. The van der Waals surface area contributed by atoms with Gasteiger partial charge in [-0.1, -0.05) is 0 Å². The fourth-order valence-electron chi connectivity index (χ4n) is 1.03. The number of sulfonamides is 1. The summed E-state index contributed by atoms with van der Waals surface area (Å²) in [6.07, 6.45) is 1.50. The predicted molar refractivity (Wildman–Crippen MR) is 54.8 cm³/mol. The summed E-state index contributed by atoms with van der Waals surface area (Å²) in [7, 11) is -3.30. The van der Waals surface area contributed by atoms with Crippen LogP contribution in [-0.2, 0) is 10.0 Å². The van der Waals surface area contributed by atoms with E-state index in [0.717, 1.165) is 0 Å². The molecule has 6 heteroatoms. The molecule has 1 atom stereocenters. The molecule has 0 saturated carbocycles.